The Labute approximate surface area is 147 Å². The number of amides is 1. The Morgan fingerprint density at radius 2 is 1.95 bits per heavy atom. The van der Waals surface area contributed by atoms with E-state index in [0.29, 0.717) is 17.6 Å². The van der Waals surface area contributed by atoms with E-state index in [1.807, 2.05) is 6.07 Å². The van der Waals surface area contributed by atoms with Crippen LogP contribution in [-0.2, 0) is 4.84 Å². The highest BCUT2D eigenvalue weighted by Gasteiger charge is 2.31. The zero-order valence-corrected chi connectivity index (χ0v) is 14.7. The van der Waals surface area contributed by atoms with Gasteiger partial charge in [0.25, 0.3) is 3.12 Å². The number of para-hydroxylation sites is 1. The molecule has 0 N–H and O–H groups in total. The number of hydrogen-bond donors (Lipinski definition) is 0. The molecule has 0 fully saturated rings. The van der Waals surface area contributed by atoms with Gasteiger partial charge in [-0.2, -0.15) is 5.26 Å². The molecule has 0 saturated carbocycles. The zero-order chi connectivity index (χ0) is 16.8. The number of halogens is 3. The quantitative estimate of drug-likeness (QED) is 0.238. The van der Waals surface area contributed by atoms with Gasteiger partial charge in [-0.3, -0.25) is 4.84 Å². The van der Waals surface area contributed by atoms with Crippen molar-refractivity contribution in [2.24, 2.45) is 10.6 Å². The van der Waals surface area contributed by atoms with Gasteiger partial charge in [0.1, 0.15) is 0 Å². The fourth-order valence-corrected chi connectivity index (χ4v) is 2.29. The third-order valence-electron chi connectivity index (χ3n) is 2.15. The lowest BCUT2D eigenvalue weighted by atomic mass is 9.98. The van der Waals surface area contributed by atoms with Gasteiger partial charge < -0.3 is 0 Å². The highest BCUT2D eigenvalue weighted by Crippen LogP contribution is 2.43. The fraction of sp³-hybridized carbons (Fsp3) is 0.308. The lowest BCUT2D eigenvalue weighted by Gasteiger charge is -2.22. The van der Waals surface area contributed by atoms with E-state index in [9.17, 15) is 4.79 Å². The number of oxime groups is 1. The van der Waals surface area contributed by atoms with Crippen molar-refractivity contribution in [3.8, 4) is 6.07 Å². The summed E-state index contributed by atoms with van der Waals surface area (Å²) in [5.74, 6) is 0. The summed E-state index contributed by atoms with van der Waals surface area (Å²) in [5.41, 5.74) is -0.404. The van der Waals surface area contributed by atoms with Gasteiger partial charge in [-0.25, -0.2) is 9.10 Å². The molecule has 1 aromatic carbocycles. The van der Waals surface area contributed by atoms with Crippen LogP contribution in [0.5, 0.6) is 0 Å². The van der Waals surface area contributed by atoms with E-state index in [2.05, 4.69) is 5.16 Å². The zero-order valence-electron chi connectivity index (χ0n) is 11.7. The van der Waals surface area contributed by atoms with Crippen molar-refractivity contribution >= 4 is 64.7 Å². The maximum absolute atomic E-state index is 12.1. The van der Waals surface area contributed by atoms with Crippen molar-refractivity contribution < 1.29 is 9.63 Å². The van der Waals surface area contributed by atoms with E-state index in [-0.39, 0.29) is 0 Å². The SMILES string of the molecule is CC(C)(C#N)C=NOC(=O)N(SC(Cl)(Cl)Cl)c1ccccc1. The van der Waals surface area contributed by atoms with E-state index in [0.717, 1.165) is 4.31 Å². The second-order valence-corrected chi connectivity index (χ2v) is 8.71. The number of alkyl halides is 3. The summed E-state index contributed by atoms with van der Waals surface area (Å²) in [7, 11) is 0. The predicted octanol–water partition coefficient (Wildman–Crippen LogP) is 5.14. The Morgan fingerprint density at radius 3 is 2.45 bits per heavy atom. The average Bonchev–Trinajstić information content (AvgIpc) is 2.44. The van der Waals surface area contributed by atoms with Gasteiger partial charge in [0.15, 0.2) is 0 Å². The summed E-state index contributed by atoms with van der Waals surface area (Å²) >= 11 is 17.8. The Balaban J connectivity index is 2.89. The topological polar surface area (TPSA) is 65.7 Å². The maximum Gasteiger partial charge on any atom is 0.450 e. The lowest BCUT2D eigenvalue weighted by molar-refractivity contribution is 0.163. The standard InChI is InChI=1S/C13H12Cl3N3O2S/c1-12(2,8-17)9-18-21-11(20)19(22-13(14,15)16)10-6-4-3-5-7-10/h3-7,9H,1-2H3. The molecule has 9 heteroatoms. The number of rotatable bonds is 4. The summed E-state index contributed by atoms with van der Waals surface area (Å²) in [4.78, 5) is 16.9. The van der Waals surface area contributed by atoms with Crippen molar-refractivity contribution in [3.05, 3.63) is 30.3 Å². The maximum atomic E-state index is 12.1. The summed E-state index contributed by atoms with van der Waals surface area (Å²) in [5, 5.41) is 12.4. The van der Waals surface area contributed by atoms with E-state index in [4.69, 9.17) is 44.9 Å². The molecule has 1 amide bonds. The van der Waals surface area contributed by atoms with Crippen molar-refractivity contribution in [3.63, 3.8) is 0 Å². The third-order valence-corrected chi connectivity index (χ3v) is 3.52. The van der Waals surface area contributed by atoms with Gasteiger partial charge in [0.2, 0.25) is 0 Å². The van der Waals surface area contributed by atoms with Crippen LogP contribution in [-0.4, -0.2) is 15.4 Å². The van der Waals surface area contributed by atoms with Crippen LogP contribution >= 0.6 is 46.8 Å². The van der Waals surface area contributed by atoms with Gasteiger partial charge in [0, 0.05) is 11.9 Å². The Kier molecular flexibility index (Phi) is 6.82. The van der Waals surface area contributed by atoms with Gasteiger partial charge in [-0.05, 0) is 26.0 Å². The first-order valence-corrected chi connectivity index (χ1v) is 7.83. The molecule has 0 heterocycles. The molecule has 0 aliphatic heterocycles. The molecular formula is C13H12Cl3N3O2S. The number of carbonyl (C=O) groups is 1. The first kappa shape index (κ1) is 18.9. The second-order valence-electron chi connectivity index (χ2n) is 4.59. The molecule has 22 heavy (non-hydrogen) atoms. The summed E-state index contributed by atoms with van der Waals surface area (Å²) < 4.78 is -0.700. The molecule has 0 unspecified atom stereocenters. The first-order chi connectivity index (χ1) is 10.1. The Hall–Kier alpha value is -1.13. The Bertz CT molecular complexity index is 582. The van der Waals surface area contributed by atoms with Crippen LogP contribution in [0.15, 0.2) is 35.5 Å². The van der Waals surface area contributed by atoms with Crippen LogP contribution in [0, 0.1) is 16.7 Å². The van der Waals surface area contributed by atoms with Crippen molar-refractivity contribution in [2.45, 2.75) is 17.0 Å². The molecule has 0 aromatic heterocycles. The number of nitrogens with zero attached hydrogens (tertiary/aromatic N) is 3. The Morgan fingerprint density at radius 1 is 1.36 bits per heavy atom. The minimum atomic E-state index is -1.76. The molecule has 0 saturated heterocycles. The van der Waals surface area contributed by atoms with Crippen molar-refractivity contribution in [1.29, 1.82) is 5.26 Å². The number of carbonyl (C=O) groups excluding carboxylic acids is 1. The molecular weight excluding hydrogens is 369 g/mol. The molecule has 118 valence electrons. The molecule has 5 nitrogen and oxygen atoms in total. The smallest absolute Gasteiger partial charge is 0.297 e. The van der Waals surface area contributed by atoms with Crippen LogP contribution in [0.1, 0.15) is 13.8 Å². The van der Waals surface area contributed by atoms with E-state index in [1.165, 1.54) is 6.21 Å². The minimum Gasteiger partial charge on any atom is -0.297 e. The monoisotopic (exact) mass is 379 g/mol. The average molecular weight is 381 g/mol. The van der Waals surface area contributed by atoms with Crippen LogP contribution in [0.3, 0.4) is 0 Å². The second kappa shape index (κ2) is 7.93. The van der Waals surface area contributed by atoms with Gasteiger partial charge in [0.05, 0.1) is 23.4 Å². The van der Waals surface area contributed by atoms with Crippen LogP contribution < -0.4 is 4.31 Å². The number of benzene rings is 1. The van der Waals surface area contributed by atoms with E-state index >= 15 is 0 Å². The molecule has 1 aromatic rings. The van der Waals surface area contributed by atoms with Gasteiger partial charge in [-0.1, -0.05) is 58.2 Å². The molecule has 1 rings (SSSR count). The van der Waals surface area contributed by atoms with Crippen molar-refractivity contribution in [2.75, 3.05) is 4.31 Å². The van der Waals surface area contributed by atoms with Gasteiger partial charge in [-0.15, -0.1) is 0 Å². The van der Waals surface area contributed by atoms with Crippen LogP contribution in [0.25, 0.3) is 0 Å². The molecule has 0 atom stereocenters. The summed E-state index contributed by atoms with van der Waals surface area (Å²) in [6.45, 7) is 3.24. The first-order valence-electron chi connectivity index (χ1n) is 5.92. The summed E-state index contributed by atoms with van der Waals surface area (Å²) in [6, 6.07) is 10.5. The number of nitriles is 1. The molecule has 0 aliphatic rings. The third kappa shape index (κ3) is 6.75. The number of anilines is 1. The van der Waals surface area contributed by atoms with Crippen molar-refractivity contribution in [1.82, 2.24) is 0 Å². The highest BCUT2D eigenvalue weighted by atomic mass is 35.6. The lowest BCUT2D eigenvalue weighted by Crippen LogP contribution is -2.26. The van der Waals surface area contributed by atoms with Gasteiger partial charge >= 0.3 is 6.09 Å². The molecule has 0 aliphatic carbocycles. The normalized spacial score (nSPS) is 12.0. The minimum absolute atomic E-state index is 0.457. The van der Waals surface area contributed by atoms with E-state index < -0.39 is 14.6 Å². The number of hydrogen-bond acceptors (Lipinski definition) is 5. The fourth-order valence-electron chi connectivity index (χ4n) is 1.13. The summed E-state index contributed by atoms with van der Waals surface area (Å²) in [6.07, 6.45) is 0.362. The molecule has 0 spiro atoms. The highest BCUT2D eigenvalue weighted by molar-refractivity contribution is 8.06. The molecule has 0 radical (unpaired) electrons. The van der Waals surface area contributed by atoms with Crippen LogP contribution in [0.4, 0.5) is 10.5 Å². The van der Waals surface area contributed by atoms with Crippen LogP contribution in [0.2, 0.25) is 0 Å². The van der Waals surface area contributed by atoms with E-state index in [1.54, 1.807) is 44.2 Å². The molecule has 0 bridgehead atoms. The largest absolute Gasteiger partial charge is 0.450 e. The predicted molar refractivity (Wildman–Crippen MR) is 91.2 cm³/mol.